The fraction of sp³-hybridized carbons (Fsp3) is 0.938. The normalized spacial score (nSPS) is 26.7. The maximum absolute atomic E-state index is 6.15. The minimum atomic E-state index is 0.705. The van der Waals surface area contributed by atoms with Crippen LogP contribution in [0.1, 0.15) is 40.0 Å². The number of hydrogen-bond donors (Lipinski definition) is 1. The highest BCUT2D eigenvalue weighted by molar-refractivity contribution is 5.78. The minimum absolute atomic E-state index is 0.705. The first-order valence-electron chi connectivity index (χ1n) is 8.31. The molecular formula is C16H32N4. The minimum Gasteiger partial charge on any atom is -0.370 e. The SMILES string of the molecule is CC(C)CN1CCC(CN=C(N)N2CCC(C)CC2)C1. The molecule has 2 rings (SSSR count). The van der Waals surface area contributed by atoms with E-state index in [9.17, 15) is 0 Å². The molecule has 4 nitrogen and oxygen atoms in total. The Morgan fingerprint density at radius 2 is 1.90 bits per heavy atom. The van der Waals surface area contributed by atoms with Crippen molar-refractivity contribution < 1.29 is 0 Å². The zero-order chi connectivity index (χ0) is 14.5. The van der Waals surface area contributed by atoms with Crippen LogP contribution in [-0.4, -0.2) is 55.0 Å². The molecule has 0 bridgehead atoms. The number of piperidine rings is 1. The van der Waals surface area contributed by atoms with Crippen molar-refractivity contribution in [1.29, 1.82) is 0 Å². The standard InChI is InChI=1S/C16H32N4/c1-13(2)11-19-7-6-15(12-19)10-18-16(17)20-8-4-14(3)5-9-20/h13-15H,4-12H2,1-3H3,(H2,17,18). The summed E-state index contributed by atoms with van der Waals surface area (Å²) in [6, 6.07) is 0. The molecule has 2 N–H and O–H groups in total. The molecule has 0 spiro atoms. The Kier molecular flexibility index (Phi) is 5.70. The van der Waals surface area contributed by atoms with E-state index >= 15 is 0 Å². The molecule has 0 aliphatic carbocycles. The third kappa shape index (κ3) is 4.65. The lowest BCUT2D eigenvalue weighted by molar-refractivity contribution is 0.276. The molecule has 0 aromatic heterocycles. The maximum atomic E-state index is 6.15. The number of likely N-dealkylation sites (tertiary alicyclic amines) is 2. The van der Waals surface area contributed by atoms with Gasteiger partial charge in [-0.3, -0.25) is 4.99 Å². The topological polar surface area (TPSA) is 44.9 Å². The zero-order valence-electron chi connectivity index (χ0n) is 13.5. The van der Waals surface area contributed by atoms with E-state index in [4.69, 9.17) is 5.73 Å². The fourth-order valence-corrected chi connectivity index (χ4v) is 3.30. The number of aliphatic imine (C=N–C) groups is 1. The Morgan fingerprint density at radius 3 is 2.55 bits per heavy atom. The molecule has 1 atom stereocenters. The largest absolute Gasteiger partial charge is 0.370 e. The van der Waals surface area contributed by atoms with E-state index in [-0.39, 0.29) is 0 Å². The van der Waals surface area contributed by atoms with E-state index in [1.807, 2.05) is 0 Å². The molecule has 2 aliphatic heterocycles. The summed E-state index contributed by atoms with van der Waals surface area (Å²) in [6.45, 7) is 13.6. The third-order valence-corrected chi connectivity index (χ3v) is 4.61. The molecule has 2 heterocycles. The lowest BCUT2D eigenvalue weighted by Gasteiger charge is -2.31. The lowest BCUT2D eigenvalue weighted by atomic mass is 10.00. The van der Waals surface area contributed by atoms with E-state index in [1.54, 1.807) is 0 Å². The molecule has 1 unspecified atom stereocenters. The van der Waals surface area contributed by atoms with Gasteiger partial charge in [0.1, 0.15) is 0 Å². The first-order chi connectivity index (χ1) is 9.54. The number of rotatable bonds is 4. The van der Waals surface area contributed by atoms with Crippen LogP contribution < -0.4 is 5.73 Å². The van der Waals surface area contributed by atoms with Crippen molar-refractivity contribution >= 4 is 5.96 Å². The summed E-state index contributed by atoms with van der Waals surface area (Å²) in [5, 5.41) is 0. The van der Waals surface area contributed by atoms with Gasteiger partial charge in [-0.2, -0.15) is 0 Å². The number of nitrogens with two attached hydrogens (primary N) is 1. The van der Waals surface area contributed by atoms with Gasteiger partial charge in [0.25, 0.3) is 0 Å². The predicted molar refractivity (Wildman–Crippen MR) is 85.8 cm³/mol. The van der Waals surface area contributed by atoms with Gasteiger partial charge in [0.15, 0.2) is 5.96 Å². The van der Waals surface area contributed by atoms with Crippen LogP contribution in [0, 0.1) is 17.8 Å². The second kappa shape index (κ2) is 7.30. The summed E-state index contributed by atoms with van der Waals surface area (Å²) < 4.78 is 0. The van der Waals surface area contributed by atoms with Crippen LogP contribution in [0.2, 0.25) is 0 Å². The van der Waals surface area contributed by atoms with Crippen molar-refractivity contribution in [3.05, 3.63) is 0 Å². The van der Waals surface area contributed by atoms with Crippen LogP contribution in [0.4, 0.5) is 0 Å². The van der Waals surface area contributed by atoms with Crippen LogP contribution in [0.5, 0.6) is 0 Å². The van der Waals surface area contributed by atoms with Crippen LogP contribution in [0.3, 0.4) is 0 Å². The molecule has 0 radical (unpaired) electrons. The Hall–Kier alpha value is -0.770. The highest BCUT2D eigenvalue weighted by Crippen LogP contribution is 2.18. The van der Waals surface area contributed by atoms with Crippen molar-refractivity contribution in [3.63, 3.8) is 0 Å². The molecule has 0 amide bonds. The fourth-order valence-electron chi connectivity index (χ4n) is 3.30. The van der Waals surface area contributed by atoms with Gasteiger partial charge in [0.2, 0.25) is 0 Å². The molecule has 116 valence electrons. The first kappa shape index (κ1) is 15.6. The number of guanidine groups is 1. The number of nitrogens with zero attached hydrogens (tertiary/aromatic N) is 3. The average Bonchev–Trinajstić information content (AvgIpc) is 2.83. The maximum Gasteiger partial charge on any atom is 0.191 e. The molecule has 20 heavy (non-hydrogen) atoms. The van der Waals surface area contributed by atoms with Gasteiger partial charge >= 0.3 is 0 Å². The van der Waals surface area contributed by atoms with Gasteiger partial charge in [0, 0.05) is 32.7 Å². The monoisotopic (exact) mass is 280 g/mol. The van der Waals surface area contributed by atoms with E-state index in [2.05, 4.69) is 35.6 Å². The van der Waals surface area contributed by atoms with E-state index < -0.39 is 0 Å². The molecular weight excluding hydrogens is 248 g/mol. The Morgan fingerprint density at radius 1 is 1.20 bits per heavy atom. The summed E-state index contributed by atoms with van der Waals surface area (Å²) in [4.78, 5) is 9.50. The predicted octanol–water partition coefficient (Wildman–Crippen LogP) is 2.01. The number of hydrogen-bond acceptors (Lipinski definition) is 2. The van der Waals surface area contributed by atoms with Crippen LogP contribution in [-0.2, 0) is 0 Å². The van der Waals surface area contributed by atoms with Gasteiger partial charge < -0.3 is 15.5 Å². The van der Waals surface area contributed by atoms with Crippen molar-refractivity contribution in [1.82, 2.24) is 9.80 Å². The average molecular weight is 280 g/mol. The highest BCUT2D eigenvalue weighted by Gasteiger charge is 2.23. The first-order valence-corrected chi connectivity index (χ1v) is 8.31. The second-order valence-electron chi connectivity index (χ2n) is 7.18. The van der Waals surface area contributed by atoms with Crippen molar-refractivity contribution in [2.75, 3.05) is 39.3 Å². The van der Waals surface area contributed by atoms with Gasteiger partial charge in [-0.25, -0.2) is 0 Å². The molecule has 4 heteroatoms. The van der Waals surface area contributed by atoms with Gasteiger partial charge in [-0.15, -0.1) is 0 Å². The van der Waals surface area contributed by atoms with E-state index in [0.717, 1.165) is 37.4 Å². The summed E-state index contributed by atoms with van der Waals surface area (Å²) in [5.41, 5.74) is 6.15. The highest BCUT2D eigenvalue weighted by atomic mass is 15.3. The molecule has 0 saturated carbocycles. The Balaban J connectivity index is 1.72. The van der Waals surface area contributed by atoms with Crippen molar-refractivity contribution in [3.8, 4) is 0 Å². The Labute approximate surface area is 124 Å². The van der Waals surface area contributed by atoms with Crippen molar-refractivity contribution in [2.45, 2.75) is 40.0 Å². The van der Waals surface area contributed by atoms with Gasteiger partial charge in [-0.1, -0.05) is 20.8 Å². The quantitative estimate of drug-likeness (QED) is 0.633. The van der Waals surface area contributed by atoms with Crippen molar-refractivity contribution in [2.24, 2.45) is 28.5 Å². The van der Waals surface area contributed by atoms with E-state index in [0.29, 0.717) is 5.92 Å². The lowest BCUT2D eigenvalue weighted by Crippen LogP contribution is -2.42. The Bertz CT molecular complexity index is 318. The van der Waals surface area contributed by atoms with E-state index in [1.165, 1.54) is 38.9 Å². The van der Waals surface area contributed by atoms with Crippen LogP contribution >= 0.6 is 0 Å². The second-order valence-corrected chi connectivity index (χ2v) is 7.18. The summed E-state index contributed by atoms with van der Waals surface area (Å²) in [6.07, 6.45) is 3.78. The molecule has 0 aromatic carbocycles. The molecule has 2 saturated heterocycles. The van der Waals surface area contributed by atoms with Crippen LogP contribution in [0.15, 0.2) is 4.99 Å². The zero-order valence-corrected chi connectivity index (χ0v) is 13.5. The molecule has 2 fully saturated rings. The summed E-state index contributed by atoms with van der Waals surface area (Å²) in [7, 11) is 0. The van der Waals surface area contributed by atoms with Gasteiger partial charge in [-0.05, 0) is 43.6 Å². The summed E-state index contributed by atoms with van der Waals surface area (Å²) in [5.74, 6) is 3.09. The molecule has 2 aliphatic rings. The summed E-state index contributed by atoms with van der Waals surface area (Å²) >= 11 is 0. The van der Waals surface area contributed by atoms with Gasteiger partial charge in [0.05, 0.1) is 0 Å². The third-order valence-electron chi connectivity index (χ3n) is 4.61. The van der Waals surface area contributed by atoms with Crippen LogP contribution in [0.25, 0.3) is 0 Å². The molecule has 0 aromatic rings. The smallest absolute Gasteiger partial charge is 0.191 e.